The first kappa shape index (κ1) is 13.8. The summed E-state index contributed by atoms with van der Waals surface area (Å²) in [5.74, 6) is 0.349. The molecular formula is C15H22O2. The van der Waals surface area contributed by atoms with Crippen molar-refractivity contribution in [3.05, 3.63) is 42.5 Å². The van der Waals surface area contributed by atoms with Crippen LogP contribution in [0.15, 0.2) is 36.9 Å². The Morgan fingerprint density at radius 3 is 2.29 bits per heavy atom. The molecule has 0 saturated heterocycles. The number of aliphatic hydroxyl groups is 1. The summed E-state index contributed by atoms with van der Waals surface area (Å²) in [5.41, 5.74) is 0.928. The Hall–Kier alpha value is -1.28. The van der Waals surface area contributed by atoms with E-state index in [4.69, 9.17) is 5.11 Å². The van der Waals surface area contributed by atoms with Gasteiger partial charge in [-0.1, -0.05) is 43.5 Å². The van der Waals surface area contributed by atoms with Crippen molar-refractivity contribution in [1.29, 1.82) is 0 Å². The molecule has 0 bridgehead atoms. The van der Waals surface area contributed by atoms with Crippen molar-refractivity contribution in [2.45, 2.75) is 44.6 Å². The smallest absolute Gasteiger partial charge is 0.119 e. The van der Waals surface area contributed by atoms with E-state index < -0.39 is 0 Å². The van der Waals surface area contributed by atoms with Crippen LogP contribution in [0.2, 0.25) is 0 Å². The highest BCUT2D eigenvalue weighted by Crippen LogP contribution is 2.16. The van der Waals surface area contributed by atoms with E-state index in [0.717, 1.165) is 24.8 Å². The maximum absolute atomic E-state index is 9.19. The molecule has 1 aliphatic rings. The van der Waals surface area contributed by atoms with Crippen LogP contribution in [0.1, 0.15) is 37.7 Å². The zero-order valence-electron chi connectivity index (χ0n) is 10.3. The summed E-state index contributed by atoms with van der Waals surface area (Å²) in [7, 11) is 0. The Balaban J connectivity index is 0.000000181. The fraction of sp³-hybridized carbons (Fsp3) is 0.467. The lowest BCUT2D eigenvalue weighted by molar-refractivity contribution is 0.130. The molecule has 2 nitrogen and oxygen atoms in total. The maximum Gasteiger partial charge on any atom is 0.119 e. The normalized spacial score (nSPS) is 15.8. The predicted molar refractivity (Wildman–Crippen MR) is 71.1 cm³/mol. The van der Waals surface area contributed by atoms with Gasteiger partial charge in [-0.15, -0.1) is 6.58 Å². The van der Waals surface area contributed by atoms with Gasteiger partial charge in [0.2, 0.25) is 0 Å². The molecule has 17 heavy (non-hydrogen) atoms. The predicted octanol–water partition coefficient (Wildman–Crippen LogP) is 3.43. The third kappa shape index (κ3) is 5.55. The largest absolute Gasteiger partial charge is 0.508 e. The number of phenols is 1. The van der Waals surface area contributed by atoms with Crippen LogP contribution in [-0.2, 0) is 6.42 Å². The average molecular weight is 234 g/mol. The number of para-hydroxylation sites is 1. The lowest BCUT2D eigenvalue weighted by Crippen LogP contribution is -2.09. The van der Waals surface area contributed by atoms with E-state index in [1.54, 1.807) is 12.1 Å². The molecule has 1 saturated carbocycles. The molecule has 0 heterocycles. The highest BCUT2D eigenvalue weighted by molar-refractivity contribution is 5.32. The molecule has 0 aliphatic heterocycles. The second-order valence-corrected chi connectivity index (χ2v) is 4.41. The summed E-state index contributed by atoms with van der Waals surface area (Å²) in [4.78, 5) is 0. The van der Waals surface area contributed by atoms with Crippen LogP contribution in [0.4, 0.5) is 0 Å². The third-order valence-electron chi connectivity index (χ3n) is 2.93. The molecule has 0 amide bonds. The van der Waals surface area contributed by atoms with Crippen LogP contribution in [-0.4, -0.2) is 16.3 Å². The maximum atomic E-state index is 9.19. The first-order valence-electron chi connectivity index (χ1n) is 6.30. The second-order valence-electron chi connectivity index (χ2n) is 4.41. The topological polar surface area (TPSA) is 40.5 Å². The van der Waals surface area contributed by atoms with Crippen molar-refractivity contribution in [3.8, 4) is 5.75 Å². The standard InChI is InChI=1S/C9H10O.C6H12O/c1-2-5-8-6-3-4-7-9(8)10;7-6-4-2-1-3-5-6/h2-4,6-7,10H,1,5H2;6-7H,1-5H2. The number of benzene rings is 1. The molecule has 0 aromatic heterocycles. The monoisotopic (exact) mass is 234 g/mol. The van der Waals surface area contributed by atoms with Gasteiger partial charge in [0.15, 0.2) is 0 Å². The summed E-state index contributed by atoms with van der Waals surface area (Å²) in [6, 6.07) is 7.27. The van der Waals surface area contributed by atoms with Gasteiger partial charge in [0.1, 0.15) is 5.75 Å². The quantitative estimate of drug-likeness (QED) is 0.770. The van der Waals surface area contributed by atoms with E-state index in [1.807, 2.05) is 18.2 Å². The molecule has 0 atom stereocenters. The van der Waals surface area contributed by atoms with Crippen molar-refractivity contribution in [2.75, 3.05) is 0 Å². The van der Waals surface area contributed by atoms with Gasteiger partial charge >= 0.3 is 0 Å². The molecule has 1 aliphatic carbocycles. The lowest BCUT2D eigenvalue weighted by Gasteiger charge is -2.14. The molecule has 1 aromatic carbocycles. The number of aliphatic hydroxyl groups excluding tert-OH is 1. The van der Waals surface area contributed by atoms with Gasteiger partial charge in [-0.2, -0.15) is 0 Å². The minimum atomic E-state index is 0.0359. The number of hydrogen-bond acceptors (Lipinski definition) is 2. The summed E-state index contributed by atoms with van der Waals surface area (Å²) in [5, 5.41) is 18.1. The summed E-state index contributed by atoms with van der Waals surface area (Å²) in [6.45, 7) is 3.59. The van der Waals surface area contributed by atoms with Crippen LogP contribution in [0.25, 0.3) is 0 Å². The van der Waals surface area contributed by atoms with Crippen molar-refractivity contribution < 1.29 is 10.2 Å². The zero-order valence-corrected chi connectivity index (χ0v) is 10.3. The Morgan fingerprint density at radius 1 is 1.18 bits per heavy atom. The number of rotatable bonds is 2. The molecule has 2 N–H and O–H groups in total. The van der Waals surface area contributed by atoms with Gasteiger partial charge in [-0.05, 0) is 30.9 Å². The molecule has 94 valence electrons. The number of phenolic OH excluding ortho intramolecular Hbond substituents is 1. The van der Waals surface area contributed by atoms with E-state index in [0.29, 0.717) is 5.75 Å². The van der Waals surface area contributed by atoms with Gasteiger partial charge in [0.05, 0.1) is 6.10 Å². The van der Waals surface area contributed by atoms with Gasteiger partial charge in [0.25, 0.3) is 0 Å². The second kappa shape index (κ2) is 7.91. The Kier molecular flexibility index (Phi) is 6.41. The first-order valence-corrected chi connectivity index (χ1v) is 6.30. The van der Waals surface area contributed by atoms with E-state index in [9.17, 15) is 5.11 Å². The fourth-order valence-electron chi connectivity index (χ4n) is 1.92. The minimum absolute atomic E-state index is 0.0359. The van der Waals surface area contributed by atoms with Gasteiger partial charge in [-0.3, -0.25) is 0 Å². The summed E-state index contributed by atoms with van der Waals surface area (Å²) in [6.07, 6.45) is 8.43. The highest BCUT2D eigenvalue weighted by atomic mass is 16.3. The van der Waals surface area contributed by atoms with Crippen LogP contribution in [0, 0.1) is 0 Å². The van der Waals surface area contributed by atoms with Crippen LogP contribution < -0.4 is 0 Å². The van der Waals surface area contributed by atoms with E-state index in [1.165, 1.54) is 19.3 Å². The first-order chi connectivity index (χ1) is 8.24. The summed E-state index contributed by atoms with van der Waals surface area (Å²) >= 11 is 0. The van der Waals surface area contributed by atoms with E-state index in [-0.39, 0.29) is 6.10 Å². The Bertz CT molecular complexity index is 327. The van der Waals surface area contributed by atoms with Gasteiger partial charge in [0, 0.05) is 0 Å². The van der Waals surface area contributed by atoms with E-state index in [2.05, 4.69) is 6.58 Å². The molecule has 0 spiro atoms. The Morgan fingerprint density at radius 2 is 1.82 bits per heavy atom. The fourth-order valence-corrected chi connectivity index (χ4v) is 1.92. The molecule has 2 heteroatoms. The molecule has 0 unspecified atom stereocenters. The van der Waals surface area contributed by atoms with Crippen molar-refractivity contribution in [2.24, 2.45) is 0 Å². The molecule has 0 radical (unpaired) electrons. The van der Waals surface area contributed by atoms with Gasteiger partial charge < -0.3 is 10.2 Å². The van der Waals surface area contributed by atoms with Crippen LogP contribution in [0.3, 0.4) is 0 Å². The number of allylic oxidation sites excluding steroid dienone is 1. The molecule has 2 rings (SSSR count). The van der Waals surface area contributed by atoms with Crippen LogP contribution >= 0.6 is 0 Å². The number of hydrogen-bond donors (Lipinski definition) is 2. The van der Waals surface area contributed by atoms with Crippen molar-refractivity contribution >= 4 is 0 Å². The van der Waals surface area contributed by atoms with Crippen LogP contribution in [0.5, 0.6) is 5.75 Å². The summed E-state index contributed by atoms with van der Waals surface area (Å²) < 4.78 is 0. The SMILES string of the molecule is C=CCc1ccccc1O.OC1CCCCC1. The lowest BCUT2D eigenvalue weighted by atomic mass is 9.98. The van der Waals surface area contributed by atoms with Crippen molar-refractivity contribution in [3.63, 3.8) is 0 Å². The van der Waals surface area contributed by atoms with Crippen molar-refractivity contribution in [1.82, 2.24) is 0 Å². The Labute approximate surface area is 104 Å². The molecule has 1 aromatic rings. The zero-order chi connectivity index (χ0) is 12.5. The molecular weight excluding hydrogens is 212 g/mol. The highest BCUT2D eigenvalue weighted by Gasteiger charge is 2.07. The minimum Gasteiger partial charge on any atom is -0.508 e. The van der Waals surface area contributed by atoms with Gasteiger partial charge in [-0.25, -0.2) is 0 Å². The van der Waals surface area contributed by atoms with E-state index >= 15 is 0 Å². The third-order valence-corrected chi connectivity index (χ3v) is 2.93. The molecule has 1 fully saturated rings. The average Bonchev–Trinajstić information content (AvgIpc) is 2.34. The number of aromatic hydroxyl groups is 1.